The first-order chi connectivity index (χ1) is 11.3. The number of hydrogen-bond donors (Lipinski definition) is 1. The molecule has 0 aliphatic carbocycles. The lowest BCUT2D eigenvalue weighted by molar-refractivity contribution is 0.287. The first-order valence-corrected chi connectivity index (χ1v) is 7.35. The summed E-state index contributed by atoms with van der Waals surface area (Å²) in [5.74, 6) is 0.745. The monoisotopic (exact) mass is 313 g/mol. The van der Waals surface area contributed by atoms with E-state index in [-0.39, 0.29) is 12.2 Å². The molecule has 1 fully saturated rings. The largest absolute Gasteiger partial charge is 0.473 e. The Hall–Kier alpha value is -2.72. The second kappa shape index (κ2) is 7.03. The lowest BCUT2D eigenvalue weighted by Crippen LogP contribution is -2.43. The number of hydrogen-bond acceptors (Lipinski definition) is 6. The molecular formula is C16H16FN5O. The first-order valence-electron chi connectivity index (χ1n) is 7.35. The number of nitrogens with zero attached hydrogens (tertiary/aromatic N) is 4. The van der Waals surface area contributed by atoms with E-state index in [0.717, 1.165) is 32.0 Å². The summed E-state index contributed by atoms with van der Waals surface area (Å²) < 4.78 is 19.4. The predicted molar refractivity (Wildman–Crippen MR) is 82.6 cm³/mol. The Labute approximate surface area is 133 Å². The number of nitrogens with one attached hydrogen (secondary N) is 1. The fraction of sp³-hybridized carbons (Fsp3) is 0.312. The highest BCUT2D eigenvalue weighted by molar-refractivity contribution is 5.41. The molecule has 0 saturated carbocycles. The minimum Gasteiger partial charge on any atom is -0.473 e. The molecule has 1 N–H and O–H groups in total. The van der Waals surface area contributed by atoms with Crippen molar-refractivity contribution in [2.75, 3.05) is 31.1 Å². The molecule has 0 amide bonds. The average Bonchev–Trinajstić information content (AvgIpc) is 2.61. The van der Waals surface area contributed by atoms with Gasteiger partial charge in [-0.1, -0.05) is 6.07 Å². The van der Waals surface area contributed by atoms with Crippen LogP contribution in [0.15, 0.2) is 30.6 Å². The Morgan fingerprint density at radius 2 is 2.09 bits per heavy atom. The molecule has 6 nitrogen and oxygen atoms in total. The highest BCUT2D eigenvalue weighted by Gasteiger charge is 2.13. The molecule has 0 radical (unpaired) electrons. The Kier molecular flexibility index (Phi) is 4.64. The molecule has 2 heterocycles. The van der Waals surface area contributed by atoms with Crippen LogP contribution in [0, 0.1) is 17.1 Å². The van der Waals surface area contributed by atoms with Gasteiger partial charge in [0.05, 0.1) is 11.6 Å². The maximum Gasteiger partial charge on any atom is 0.218 e. The van der Waals surface area contributed by atoms with E-state index in [2.05, 4.69) is 20.2 Å². The third-order valence-electron chi connectivity index (χ3n) is 3.63. The van der Waals surface area contributed by atoms with Crippen LogP contribution < -0.4 is 15.0 Å². The lowest BCUT2D eigenvalue weighted by Gasteiger charge is -2.28. The van der Waals surface area contributed by atoms with Crippen molar-refractivity contribution in [1.82, 2.24) is 15.3 Å². The van der Waals surface area contributed by atoms with Crippen LogP contribution in [-0.2, 0) is 6.61 Å². The molecule has 1 aliphatic heterocycles. The van der Waals surface area contributed by atoms with Crippen LogP contribution in [0.4, 0.5) is 10.2 Å². The van der Waals surface area contributed by atoms with Gasteiger partial charge in [0, 0.05) is 37.8 Å². The van der Waals surface area contributed by atoms with Crippen molar-refractivity contribution >= 4 is 5.82 Å². The maximum atomic E-state index is 13.8. The number of rotatable bonds is 4. The minimum absolute atomic E-state index is 0.0511. The number of anilines is 1. The van der Waals surface area contributed by atoms with Crippen molar-refractivity contribution in [1.29, 1.82) is 5.26 Å². The van der Waals surface area contributed by atoms with Crippen molar-refractivity contribution in [3.63, 3.8) is 0 Å². The molecule has 1 aromatic heterocycles. The summed E-state index contributed by atoms with van der Waals surface area (Å²) in [5, 5.41) is 12.0. The third kappa shape index (κ3) is 3.73. The summed E-state index contributed by atoms with van der Waals surface area (Å²) in [5.41, 5.74) is 0.667. The van der Waals surface area contributed by atoms with E-state index in [1.807, 2.05) is 6.07 Å². The fourth-order valence-corrected chi connectivity index (χ4v) is 2.36. The summed E-state index contributed by atoms with van der Waals surface area (Å²) in [6.45, 7) is 3.63. The lowest BCUT2D eigenvalue weighted by atomic mass is 10.1. The quantitative estimate of drug-likeness (QED) is 0.921. The molecule has 0 bridgehead atoms. The number of piperazine rings is 1. The van der Waals surface area contributed by atoms with Crippen LogP contribution in [0.2, 0.25) is 0 Å². The average molecular weight is 313 g/mol. The molecule has 2 aromatic rings. The Morgan fingerprint density at radius 3 is 2.83 bits per heavy atom. The first kappa shape index (κ1) is 15.2. The number of ether oxygens (including phenoxy) is 1. The van der Waals surface area contributed by atoms with Gasteiger partial charge in [0.25, 0.3) is 0 Å². The zero-order valence-electron chi connectivity index (χ0n) is 12.5. The zero-order chi connectivity index (χ0) is 16.1. The van der Waals surface area contributed by atoms with Crippen molar-refractivity contribution in [2.45, 2.75) is 6.61 Å². The predicted octanol–water partition coefficient (Wildman–Crippen LogP) is 1.48. The van der Waals surface area contributed by atoms with Crippen molar-refractivity contribution in [3.8, 4) is 11.9 Å². The molecule has 23 heavy (non-hydrogen) atoms. The Bertz CT molecular complexity index is 725. The van der Waals surface area contributed by atoms with E-state index in [9.17, 15) is 4.39 Å². The molecule has 1 saturated heterocycles. The van der Waals surface area contributed by atoms with Gasteiger partial charge in [-0.25, -0.2) is 14.4 Å². The molecular weight excluding hydrogens is 297 g/mol. The summed E-state index contributed by atoms with van der Waals surface area (Å²) in [4.78, 5) is 10.5. The van der Waals surface area contributed by atoms with E-state index in [4.69, 9.17) is 10.00 Å². The standard InChI is InChI=1S/C16H16FN5O/c17-14-7-12(9-18)1-2-13(14)10-23-16-8-15(20-11-21-16)22-5-3-19-4-6-22/h1-2,7-8,11,19H,3-6,10H2. The summed E-state index contributed by atoms with van der Waals surface area (Å²) in [7, 11) is 0. The second-order valence-electron chi connectivity index (χ2n) is 5.16. The van der Waals surface area contributed by atoms with Crippen LogP contribution in [0.3, 0.4) is 0 Å². The summed E-state index contributed by atoms with van der Waals surface area (Å²) >= 11 is 0. The maximum absolute atomic E-state index is 13.8. The smallest absolute Gasteiger partial charge is 0.218 e. The van der Waals surface area contributed by atoms with Gasteiger partial charge in [-0.3, -0.25) is 0 Å². The third-order valence-corrected chi connectivity index (χ3v) is 3.63. The van der Waals surface area contributed by atoms with Gasteiger partial charge in [0.2, 0.25) is 5.88 Å². The molecule has 3 rings (SSSR count). The van der Waals surface area contributed by atoms with Crippen molar-refractivity contribution < 1.29 is 9.13 Å². The van der Waals surface area contributed by atoms with Gasteiger partial charge in [-0.2, -0.15) is 5.26 Å². The highest BCUT2D eigenvalue weighted by atomic mass is 19.1. The molecule has 118 valence electrons. The topological polar surface area (TPSA) is 74.1 Å². The molecule has 7 heteroatoms. The number of aromatic nitrogens is 2. The van der Waals surface area contributed by atoms with Gasteiger partial charge < -0.3 is 15.0 Å². The highest BCUT2D eigenvalue weighted by Crippen LogP contribution is 2.18. The number of nitriles is 1. The van der Waals surface area contributed by atoms with Gasteiger partial charge in [-0.15, -0.1) is 0 Å². The Balaban J connectivity index is 1.67. The van der Waals surface area contributed by atoms with E-state index >= 15 is 0 Å². The Morgan fingerprint density at radius 1 is 1.26 bits per heavy atom. The van der Waals surface area contributed by atoms with E-state index in [1.165, 1.54) is 12.4 Å². The summed E-state index contributed by atoms with van der Waals surface area (Å²) in [6, 6.07) is 7.97. The van der Waals surface area contributed by atoms with E-state index in [1.54, 1.807) is 18.2 Å². The van der Waals surface area contributed by atoms with Gasteiger partial charge in [0.1, 0.15) is 24.6 Å². The van der Waals surface area contributed by atoms with Gasteiger partial charge >= 0.3 is 0 Å². The van der Waals surface area contributed by atoms with Gasteiger partial charge in [-0.05, 0) is 12.1 Å². The van der Waals surface area contributed by atoms with Crippen LogP contribution in [0.25, 0.3) is 0 Å². The van der Waals surface area contributed by atoms with Gasteiger partial charge in [0.15, 0.2) is 0 Å². The molecule has 0 spiro atoms. The minimum atomic E-state index is -0.458. The zero-order valence-corrected chi connectivity index (χ0v) is 12.5. The SMILES string of the molecule is N#Cc1ccc(COc2cc(N3CCNCC3)ncn2)c(F)c1. The molecule has 0 unspecified atom stereocenters. The van der Waals surface area contributed by atoms with E-state index in [0.29, 0.717) is 11.4 Å². The van der Waals surface area contributed by atoms with Crippen LogP contribution in [0.1, 0.15) is 11.1 Å². The van der Waals surface area contributed by atoms with Crippen molar-refractivity contribution in [3.05, 3.63) is 47.5 Å². The second-order valence-corrected chi connectivity index (χ2v) is 5.16. The molecule has 1 aliphatic rings. The molecule has 1 aromatic carbocycles. The normalized spacial score (nSPS) is 14.3. The fourth-order valence-electron chi connectivity index (χ4n) is 2.36. The van der Waals surface area contributed by atoms with Crippen LogP contribution in [0.5, 0.6) is 5.88 Å². The van der Waals surface area contributed by atoms with Crippen LogP contribution >= 0.6 is 0 Å². The number of benzene rings is 1. The van der Waals surface area contributed by atoms with Crippen molar-refractivity contribution in [2.24, 2.45) is 0 Å². The summed E-state index contributed by atoms with van der Waals surface area (Å²) in [6.07, 6.45) is 1.45. The van der Waals surface area contributed by atoms with E-state index < -0.39 is 5.82 Å². The number of halogens is 1. The van der Waals surface area contributed by atoms with Crippen LogP contribution in [-0.4, -0.2) is 36.1 Å². The molecule has 0 atom stereocenters.